The van der Waals surface area contributed by atoms with E-state index in [0.717, 1.165) is 36.1 Å². The molecule has 3 rings (SSSR count). The maximum Gasteiger partial charge on any atom is 0.123 e. The molecule has 0 saturated carbocycles. The first-order valence-electron chi connectivity index (χ1n) is 7.78. The van der Waals surface area contributed by atoms with E-state index >= 15 is 0 Å². The molecule has 1 aliphatic carbocycles. The van der Waals surface area contributed by atoms with Gasteiger partial charge in [0, 0.05) is 0 Å². The van der Waals surface area contributed by atoms with Gasteiger partial charge in [-0.05, 0) is 79.4 Å². The molecule has 2 aromatic carbocycles. The van der Waals surface area contributed by atoms with Crippen LogP contribution in [0.25, 0.3) is 5.57 Å². The third kappa shape index (κ3) is 2.84. The summed E-state index contributed by atoms with van der Waals surface area (Å²) >= 11 is 0. The zero-order valence-electron chi connectivity index (χ0n) is 13.3. The second-order valence-corrected chi connectivity index (χ2v) is 6.36. The highest BCUT2D eigenvalue weighted by atomic mass is 19.1. The first-order valence-corrected chi connectivity index (χ1v) is 7.78. The first kappa shape index (κ1) is 15.0. The molecule has 0 fully saturated rings. The zero-order valence-corrected chi connectivity index (χ0v) is 13.3. The van der Waals surface area contributed by atoms with Gasteiger partial charge in [-0.2, -0.15) is 0 Å². The molecule has 22 heavy (non-hydrogen) atoms. The summed E-state index contributed by atoms with van der Waals surface area (Å²) in [6.45, 7) is 5.28. The van der Waals surface area contributed by atoms with Crippen molar-refractivity contribution >= 4 is 5.57 Å². The molecule has 0 saturated heterocycles. The first-order chi connectivity index (χ1) is 10.6. The Labute approximate surface area is 132 Å². The Morgan fingerprint density at radius 1 is 1.14 bits per heavy atom. The fraction of sp³-hybridized carbons (Fsp3) is 0.300. The quantitative estimate of drug-likeness (QED) is 0.807. The van der Waals surface area contributed by atoms with E-state index in [1.165, 1.54) is 11.1 Å². The van der Waals surface area contributed by atoms with Crippen LogP contribution in [0.2, 0.25) is 0 Å². The van der Waals surface area contributed by atoms with Gasteiger partial charge in [-0.1, -0.05) is 36.9 Å². The Kier molecular flexibility index (Phi) is 4.12. The van der Waals surface area contributed by atoms with Crippen LogP contribution in [0.5, 0.6) is 0 Å². The van der Waals surface area contributed by atoms with E-state index < -0.39 is 0 Å². The van der Waals surface area contributed by atoms with E-state index in [1.54, 1.807) is 12.1 Å². The maximum atomic E-state index is 13.8. The average Bonchev–Trinajstić information content (AvgIpc) is 2.61. The SMILES string of the molecule is C=C1c2ccccc2CC(CCN(C)C)c2cc(F)ccc21. The summed E-state index contributed by atoms with van der Waals surface area (Å²) in [4.78, 5) is 2.19. The highest BCUT2D eigenvalue weighted by Gasteiger charge is 2.24. The molecule has 0 aromatic heterocycles. The lowest BCUT2D eigenvalue weighted by molar-refractivity contribution is 0.379. The molecule has 2 aromatic rings. The molecule has 1 unspecified atom stereocenters. The van der Waals surface area contributed by atoms with Gasteiger partial charge >= 0.3 is 0 Å². The van der Waals surface area contributed by atoms with Crippen LogP contribution in [0.1, 0.15) is 34.6 Å². The van der Waals surface area contributed by atoms with Crippen molar-refractivity contribution in [2.45, 2.75) is 18.8 Å². The van der Waals surface area contributed by atoms with Crippen LogP contribution in [0.15, 0.2) is 49.0 Å². The summed E-state index contributed by atoms with van der Waals surface area (Å²) in [6.07, 6.45) is 1.96. The summed E-state index contributed by atoms with van der Waals surface area (Å²) in [5.74, 6) is 0.167. The molecule has 0 spiro atoms. The van der Waals surface area contributed by atoms with E-state index in [2.05, 4.69) is 43.8 Å². The Bertz CT molecular complexity index is 703. The highest BCUT2D eigenvalue weighted by molar-refractivity contribution is 5.82. The molecular formula is C20H22FN. The molecule has 114 valence electrons. The number of benzene rings is 2. The summed E-state index contributed by atoms with van der Waals surface area (Å²) in [7, 11) is 4.16. The van der Waals surface area contributed by atoms with Crippen molar-refractivity contribution in [2.24, 2.45) is 0 Å². The second-order valence-electron chi connectivity index (χ2n) is 6.36. The summed E-state index contributed by atoms with van der Waals surface area (Å²) in [5, 5.41) is 0. The van der Waals surface area contributed by atoms with Gasteiger partial charge in [0.2, 0.25) is 0 Å². The van der Waals surface area contributed by atoms with Crippen molar-refractivity contribution in [1.82, 2.24) is 4.90 Å². The number of hydrogen-bond donors (Lipinski definition) is 0. The Morgan fingerprint density at radius 3 is 2.68 bits per heavy atom. The molecule has 0 heterocycles. The smallest absolute Gasteiger partial charge is 0.123 e. The lowest BCUT2D eigenvalue weighted by atomic mass is 9.88. The van der Waals surface area contributed by atoms with Crippen LogP contribution in [0.3, 0.4) is 0 Å². The third-order valence-corrected chi connectivity index (χ3v) is 4.51. The van der Waals surface area contributed by atoms with Crippen molar-refractivity contribution in [3.63, 3.8) is 0 Å². The lowest BCUT2D eigenvalue weighted by Gasteiger charge is -2.20. The molecule has 0 aliphatic heterocycles. The number of hydrogen-bond acceptors (Lipinski definition) is 1. The van der Waals surface area contributed by atoms with Crippen LogP contribution < -0.4 is 0 Å². The van der Waals surface area contributed by atoms with Crippen molar-refractivity contribution in [2.75, 3.05) is 20.6 Å². The molecule has 0 bridgehead atoms. The van der Waals surface area contributed by atoms with Gasteiger partial charge in [-0.3, -0.25) is 0 Å². The van der Waals surface area contributed by atoms with Crippen molar-refractivity contribution in [1.29, 1.82) is 0 Å². The number of halogens is 1. The van der Waals surface area contributed by atoms with Gasteiger partial charge in [-0.25, -0.2) is 4.39 Å². The van der Waals surface area contributed by atoms with Gasteiger partial charge in [0.1, 0.15) is 5.82 Å². The van der Waals surface area contributed by atoms with E-state index in [0.29, 0.717) is 5.92 Å². The highest BCUT2D eigenvalue weighted by Crippen LogP contribution is 2.39. The standard InChI is InChI=1S/C20H22FN/c1-14-18-7-5-4-6-15(18)12-16(10-11-22(2)3)20-13-17(21)8-9-19(14)20/h4-9,13,16H,1,10-12H2,2-3H3. The average molecular weight is 295 g/mol. The molecule has 1 aliphatic rings. The van der Waals surface area contributed by atoms with Crippen LogP contribution >= 0.6 is 0 Å². The van der Waals surface area contributed by atoms with Crippen LogP contribution in [-0.4, -0.2) is 25.5 Å². The minimum atomic E-state index is -0.160. The summed E-state index contributed by atoms with van der Waals surface area (Å²) < 4.78 is 13.8. The number of fused-ring (bicyclic) bond motifs is 2. The molecule has 1 nitrogen and oxygen atoms in total. The maximum absolute atomic E-state index is 13.8. The van der Waals surface area contributed by atoms with Crippen molar-refractivity contribution in [3.05, 3.63) is 77.1 Å². The second kappa shape index (κ2) is 6.05. The van der Waals surface area contributed by atoms with Gasteiger partial charge in [0.25, 0.3) is 0 Å². The van der Waals surface area contributed by atoms with E-state index in [4.69, 9.17) is 0 Å². The normalized spacial score (nSPS) is 17.1. The number of rotatable bonds is 3. The Balaban J connectivity index is 2.09. The molecular weight excluding hydrogens is 273 g/mol. The van der Waals surface area contributed by atoms with Gasteiger partial charge < -0.3 is 4.90 Å². The third-order valence-electron chi connectivity index (χ3n) is 4.51. The van der Waals surface area contributed by atoms with E-state index in [9.17, 15) is 4.39 Å². The fourth-order valence-corrected chi connectivity index (χ4v) is 3.33. The molecule has 1 atom stereocenters. The molecule has 0 N–H and O–H groups in total. The van der Waals surface area contributed by atoms with E-state index in [-0.39, 0.29) is 5.82 Å². The van der Waals surface area contributed by atoms with E-state index in [1.807, 2.05) is 12.1 Å². The lowest BCUT2D eigenvalue weighted by Crippen LogP contribution is -2.17. The predicted molar refractivity (Wildman–Crippen MR) is 90.6 cm³/mol. The fourth-order valence-electron chi connectivity index (χ4n) is 3.33. The largest absolute Gasteiger partial charge is 0.309 e. The number of nitrogens with zero attached hydrogens (tertiary/aromatic N) is 1. The zero-order chi connectivity index (χ0) is 15.7. The molecule has 0 radical (unpaired) electrons. The van der Waals surface area contributed by atoms with Crippen LogP contribution in [-0.2, 0) is 6.42 Å². The van der Waals surface area contributed by atoms with Crippen molar-refractivity contribution in [3.8, 4) is 0 Å². The molecule has 2 heteroatoms. The van der Waals surface area contributed by atoms with Crippen LogP contribution in [0, 0.1) is 5.82 Å². The predicted octanol–water partition coefficient (Wildman–Crippen LogP) is 4.48. The minimum Gasteiger partial charge on any atom is -0.309 e. The minimum absolute atomic E-state index is 0.160. The summed E-state index contributed by atoms with van der Waals surface area (Å²) in [6, 6.07) is 13.6. The summed E-state index contributed by atoms with van der Waals surface area (Å²) in [5.41, 5.74) is 5.71. The Morgan fingerprint density at radius 2 is 1.91 bits per heavy atom. The van der Waals surface area contributed by atoms with Gasteiger partial charge in [0.05, 0.1) is 0 Å². The topological polar surface area (TPSA) is 3.24 Å². The van der Waals surface area contributed by atoms with Crippen LogP contribution in [0.4, 0.5) is 4.39 Å². The molecule has 0 amide bonds. The Hall–Kier alpha value is -1.93. The van der Waals surface area contributed by atoms with Crippen molar-refractivity contribution < 1.29 is 4.39 Å². The van der Waals surface area contributed by atoms with Gasteiger partial charge in [0.15, 0.2) is 0 Å². The van der Waals surface area contributed by atoms with Gasteiger partial charge in [-0.15, -0.1) is 0 Å². The monoisotopic (exact) mass is 295 g/mol.